The molecule has 1 atom stereocenters. The van der Waals surface area contributed by atoms with Crippen LogP contribution in [0, 0.1) is 0 Å². The van der Waals surface area contributed by atoms with E-state index in [9.17, 15) is 0 Å². The van der Waals surface area contributed by atoms with E-state index in [1.807, 2.05) is 12.1 Å². The molecule has 1 aliphatic rings. The van der Waals surface area contributed by atoms with Gasteiger partial charge in [-0.05, 0) is 55.0 Å². The molecule has 0 spiro atoms. The van der Waals surface area contributed by atoms with Crippen LogP contribution >= 0.6 is 0 Å². The van der Waals surface area contributed by atoms with Crippen LogP contribution in [0.15, 0.2) is 45.9 Å². The Morgan fingerprint density at radius 1 is 1.35 bits per heavy atom. The standard InChI is InChI=1S/C20H28O3/c1-4-6-16(13-17-8-9-18(14-21)23-17)7-10-20-19(11-12-22-20)15(3)5-2/h8-9,11,13,20-21H,3-7,10,12,14H2,1-2H3/b16-13+. The van der Waals surface area contributed by atoms with Gasteiger partial charge in [0.2, 0.25) is 0 Å². The molecule has 0 bridgehead atoms. The summed E-state index contributed by atoms with van der Waals surface area (Å²) in [4.78, 5) is 0. The molecule has 1 aromatic heterocycles. The number of rotatable bonds is 9. The van der Waals surface area contributed by atoms with E-state index < -0.39 is 0 Å². The summed E-state index contributed by atoms with van der Waals surface area (Å²) in [5.74, 6) is 1.43. The van der Waals surface area contributed by atoms with Crippen LogP contribution < -0.4 is 0 Å². The third-order valence-corrected chi connectivity index (χ3v) is 4.27. The molecule has 0 radical (unpaired) electrons. The summed E-state index contributed by atoms with van der Waals surface area (Å²) in [7, 11) is 0. The molecular weight excluding hydrogens is 288 g/mol. The van der Waals surface area contributed by atoms with Gasteiger partial charge in [-0.3, -0.25) is 0 Å². The monoisotopic (exact) mass is 316 g/mol. The van der Waals surface area contributed by atoms with Crippen molar-refractivity contribution in [2.75, 3.05) is 6.61 Å². The number of hydrogen-bond donors (Lipinski definition) is 1. The van der Waals surface area contributed by atoms with Crippen molar-refractivity contribution in [1.29, 1.82) is 0 Å². The van der Waals surface area contributed by atoms with Crippen molar-refractivity contribution >= 4 is 6.08 Å². The number of aliphatic hydroxyl groups excluding tert-OH is 1. The molecule has 1 unspecified atom stereocenters. The highest BCUT2D eigenvalue weighted by Gasteiger charge is 2.21. The average Bonchev–Trinajstić information content (AvgIpc) is 3.21. The molecule has 0 amide bonds. The van der Waals surface area contributed by atoms with Gasteiger partial charge in [0.05, 0.1) is 12.7 Å². The van der Waals surface area contributed by atoms with E-state index in [0.29, 0.717) is 12.4 Å². The van der Waals surface area contributed by atoms with Crippen molar-refractivity contribution in [2.45, 2.75) is 58.7 Å². The normalized spacial score (nSPS) is 18.3. The van der Waals surface area contributed by atoms with Crippen LogP contribution in [0.3, 0.4) is 0 Å². The summed E-state index contributed by atoms with van der Waals surface area (Å²) >= 11 is 0. The molecule has 0 aromatic carbocycles. The molecular formula is C20H28O3. The zero-order valence-electron chi connectivity index (χ0n) is 14.3. The Morgan fingerprint density at radius 2 is 2.17 bits per heavy atom. The van der Waals surface area contributed by atoms with Crippen molar-refractivity contribution in [3.05, 3.63) is 53.0 Å². The summed E-state index contributed by atoms with van der Waals surface area (Å²) in [5, 5.41) is 9.09. The fourth-order valence-electron chi connectivity index (χ4n) is 2.96. The molecule has 1 N–H and O–H groups in total. The van der Waals surface area contributed by atoms with E-state index in [1.54, 1.807) is 0 Å². The molecule has 1 aliphatic heterocycles. The highest BCUT2D eigenvalue weighted by molar-refractivity contribution is 5.48. The highest BCUT2D eigenvalue weighted by atomic mass is 16.5. The lowest BCUT2D eigenvalue weighted by atomic mass is 9.94. The van der Waals surface area contributed by atoms with E-state index in [2.05, 4.69) is 32.6 Å². The van der Waals surface area contributed by atoms with Gasteiger partial charge in [-0.25, -0.2) is 0 Å². The van der Waals surface area contributed by atoms with Crippen LogP contribution in [0.2, 0.25) is 0 Å². The summed E-state index contributed by atoms with van der Waals surface area (Å²) in [6.45, 7) is 9.11. The lowest BCUT2D eigenvalue weighted by Crippen LogP contribution is -2.11. The molecule has 0 saturated heterocycles. The lowest BCUT2D eigenvalue weighted by Gasteiger charge is -2.17. The summed E-state index contributed by atoms with van der Waals surface area (Å²) in [6, 6.07) is 3.74. The largest absolute Gasteiger partial charge is 0.459 e. The van der Waals surface area contributed by atoms with Crippen LogP contribution in [0.5, 0.6) is 0 Å². The van der Waals surface area contributed by atoms with Crippen molar-refractivity contribution in [3.63, 3.8) is 0 Å². The van der Waals surface area contributed by atoms with Crippen LogP contribution in [0.1, 0.15) is 57.5 Å². The Balaban J connectivity index is 1.99. The Bertz CT molecular complexity index is 577. The van der Waals surface area contributed by atoms with Gasteiger partial charge in [-0.2, -0.15) is 0 Å². The van der Waals surface area contributed by atoms with Crippen LogP contribution in [0.4, 0.5) is 0 Å². The number of hydrogen-bond acceptors (Lipinski definition) is 3. The SMILES string of the molecule is C=C(CC)C1=CCOC1CC/C(=C/c1ccc(CO)o1)CCC. The number of furan rings is 1. The number of ether oxygens (including phenoxy) is 1. The minimum atomic E-state index is -0.0554. The Hall–Kier alpha value is -1.58. The summed E-state index contributed by atoms with van der Waals surface area (Å²) in [5.41, 5.74) is 3.83. The quantitative estimate of drug-likeness (QED) is 0.695. The van der Waals surface area contributed by atoms with Gasteiger partial charge < -0.3 is 14.3 Å². The van der Waals surface area contributed by atoms with Crippen molar-refractivity contribution in [2.24, 2.45) is 0 Å². The first kappa shape index (κ1) is 17.8. The smallest absolute Gasteiger partial charge is 0.130 e. The van der Waals surface area contributed by atoms with E-state index in [4.69, 9.17) is 14.3 Å². The van der Waals surface area contributed by atoms with E-state index >= 15 is 0 Å². The predicted octanol–water partition coefficient (Wildman–Crippen LogP) is 5.03. The topological polar surface area (TPSA) is 42.6 Å². The number of aliphatic hydroxyl groups is 1. The van der Waals surface area contributed by atoms with E-state index in [0.717, 1.165) is 37.9 Å². The molecule has 3 heteroatoms. The molecule has 126 valence electrons. The molecule has 2 rings (SSSR count). The van der Waals surface area contributed by atoms with Crippen LogP contribution in [0.25, 0.3) is 6.08 Å². The first-order valence-corrected chi connectivity index (χ1v) is 8.56. The third kappa shape index (κ3) is 4.95. The van der Waals surface area contributed by atoms with Gasteiger partial charge in [-0.15, -0.1) is 0 Å². The molecule has 0 aliphatic carbocycles. The zero-order chi connectivity index (χ0) is 16.7. The minimum absolute atomic E-state index is 0.0554. The molecule has 0 fully saturated rings. The van der Waals surface area contributed by atoms with E-state index in [-0.39, 0.29) is 12.7 Å². The molecule has 2 heterocycles. The maximum absolute atomic E-state index is 9.09. The minimum Gasteiger partial charge on any atom is -0.459 e. The Kier molecular flexibility index (Phi) is 6.87. The van der Waals surface area contributed by atoms with Crippen LogP contribution in [-0.4, -0.2) is 17.8 Å². The van der Waals surface area contributed by atoms with Gasteiger partial charge in [0, 0.05) is 0 Å². The highest BCUT2D eigenvalue weighted by Crippen LogP contribution is 2.29. The first-order chi connectivity index (χ1) is 11.2. The second kappa shape index (κ2) is 8.90. The maximum Gasteiger partial charge on any atom is 0.130 e. The summed E-state index contributed by atoms with van der Waals surface area (Å²) in [6.07, 6.45) is 9.54. The average molecular weight is 316 g/mol. The fourth-order valence-corrected chi connectivity index (χ4v) is 2.96. The Labute approximate surface area is 139 Å². The maximum atomic E-state index is 9.09. The molecule has 3 nitrogen and oxygen atoms in total. The Morgan fingerprint density at radius 3 is 2.83 bits per heavy atom. The second-order valence-electron chi connectivity index (χ2n) is 5.99. The lowest BCUT2D eigenvalue weighted by molar-refractivity contribution is 0.116. The molecule has 1 aromatic rings. The van der Waals surface area contributed by atoms with Gasteiger partial charge in [0.15, 0.2) is 0 Å². The molecule has 0 saturated carbocycles. The van der Waals surface area contributed by atoms with Gasteiger partial charge in [0.1, 0.15) is 18.1 Å². The van der Waals surface area contributed by atoms with Gasteiger partial charge in [-0.1, -0.05) is 38.5 Å². The second-order valence-corrected chi connectivity index (χ2v) is 5.99. The molecule has 23 heavy (non-hydrogen) atoms. The summed E-state index contributed by atoms with van der Waals surface area (Å²) < 4.78 is 11.4. The van der Waals surface area contributed by atoms with Crippen molar-refractivity contribution in [3.8, 4) is 0 Å². The first-order valence-electron chi connectivity index (χ1n) is 8.56. The van der Waals surface area contributed by atoms with Crippen molar-refractivity contribution < 1.29 is 14.3 Å². The zero-order valence-corrected chi connectivity index (χ0v) is 14.3. The predicted molar refractivity (Wildman–Crippen MR) is 94.0 cm³/mol. The number of allylic oxidation sites excluding steroid dienone is 1. The van der Waals surface area contributed by atoms with Gasteiger partial charge >= 0.3 is 0 Å². The van der Waals surface area contributed by atoms with Crippen molar-refractivity contribution in [1.82, 2.24) is 0 Å². The van der Waals surface area contributed by atoms with E-state index in [1.165, 1.54) is 16.7 Å². The third-order valence-electron chi connectivity index (χ3n) is 4.27. The van der Waals surface area contributed by atoms with Gasteiger partial charge in [0.25, 0.3) is 0 Å². The van der Waals surface area contributed by atoms with Crippen LogP contribution in [-0.2, 0) is 11.3 Å². The fraction of sp³-hybridized carbons (Fsp3) is 0.500.